The fourth-order valence-electron chi connectivity index (χ4n) is 2.47. The first kappa shape index (κ1) is 15.4. The van der Waals surface area contributed by atoms with E-state index in [2.05, 4.69) is 5.32 Å². The van der Waals surface area contributed by atoms with E-state index in [4.69, 9.17) is 4.74 Å². The number of carbonyl (C=O) groups is 2. The highest BCUT2D eigenvalue weighted by Gasteiger charge is 2.31. The highest BCUT2D eigenvalue weighted by molar-refractivity contribution is 5.96. The zero-order valence-corrected chi connectivity index (χ0v) is 12.8. The van der Waals surface area contributed by atoms with Crippen molar-refractivity contribution in [2.24, 2.45) is 5.92 Å². The summed E-state index contributed by atoms with van der Waals surface area (Å²) in [6, 6.07) is 7.26. The molecule has 1 saturated heterocycles. The number of hydrogen-bond donors (Lipinski definition) is 1. The molecule has 1 aromatic carbocycles. The molecule has 0 aliphatic carbocycles. The summed E-state index contributed by atoms with van der Waals surface area (Å²) in [5, 5.41) is 2.94. The lowest BCUT2D eigenvalue weighted by Gasteiger charge is -2.18. The quantitative estimate of drug-likeness (QED) is 0.902. The Bertz CT molecular complexity index is 511. The van der Waals surface area contributed by atoms with Gasteiger partial charge in [-0.25, -0.2) is 0 Å². The molecule has 1 atom stereocenters. The summed E-state index contributed by atoms with van der Waals surface area (Å²) >= 11 is 0. The number of amides is 2. The van der Waals surface area contributed by atoms with Gasteiger partial charge in [0.15, 0.2) is 0 Å². The van der Waals surface area contributed by atoms with E-state index >= 15 is 0 Å². The minimum Gasteiger partial charge on any atom is -0.497 e. The highest BCUT2D eigenvalue weighted by atomic mass is 16.5. The van der Waals surface area contributed by atoms with Crippen LogP contribution in [-0.4, -0.2) is 31.5 Å². The predicted octanol–water partition coefficient (Wildman–Crippen LogP) is 1.96. The van der Waals surface area contributed by atoms with E-state index in [9.17, 15) is 9.59 Å². The van der Waals surface area contributed by atoms with Gasteiger partial charge in [0, 0.05) is 25.1 Å². The molecule has 0 aromatic heterocycles. The molecule has 5 heteroatoms. The van der Waals surface area contributed by atoms with Crippen molar-refractivity contribution in [3.63, 3.8) is 0 Å². The van der Waals surface area contributed by atoms with E-state index in [1.54, 1.807) is 12.0 Å². The second-order valence-corrected chi connectivity index (χ2v) is 5.77. The molecule has 2 rings (SSSR count). The van der Waals surface area contributed by atoms with Gasteiger partial charge in [-0.2, -0.15) is 0 Å². The first-order chi connectivity index (χ1) is 9.99. The van der Waals surface area contributed by atoms with Gasteiger partial charge in [-0.15, -0.1) is 0 Å². The molecule has 0 radical (unpaired) electrons. The Morgan fingerprint density at radius 3 is 2.62 bits per heavy atom. The molecule has 1 unspecified atom stereocenters. The third kappa shape index (κ3) is 3.97. The molecule has 1 aromatic rings. The van der Waals surface area contributed by atoms with Crippen molar-refractivity contribution >= 4 is 17.5 Å². The topological polar surface area (TPSA) is 58.6 Å². The molecule has 1 heterocycles. The van der Waals surface area contributed by atoms with Crippen LogP contribution in [0.15, 0.2) is 24.3 Å². The SMILES string of the molecule is COc1ccc(N2CC(NC(=O)CC(C)C)CC2=O)cc1. The Morgan fingerprint density at radius 2 is 2.05 bits per heavy atom. The first-order valence-electron chi connectivity index (χ1n) is 7.23. The lowest BCUT2D eigenvalue weighted by atomic mass is 10.1. The fraction of sp³-hybridized carbons (Fsp3) is 0.500. The van der Waals surface area contributed by atoms with E-state index in [1.807, 2.05) is 38.1 Å². The van der Waals surface area contributed by atoms with Gasteiger partial charge in [0.2, 0.25) is 11.8 Å². The van der Waals surface area contributed by atoms with E-state index < -0.39 is 0 Å². The van der Waals surface area contributed by atoms with Gasteiger partial charge in [-0.3, -0.25) is 9.59 Å². The Morgan fingerprint density at radius 1 is 1.38 bits per heavy atom. The summed E-state index contributed by atoms with van der Waals surface area (Å²) < 4.78 is 5.11. The molecule has 5 nitrogen and oxygen atoms in total. The van der Waals surface area contributed by atoms with Crippen molar-refractivity contribution < 1.29 is 14.3 Å². The van der Waals surface area contributed by atoms with Crippen LogP contribution in [0.2, 0.25) is 0 Å². The molecule has 1 fully saturated rings. The van der Waals surface area contributed by atoms with Crippen molar-refractivity contribution in [1.29, 1.82) is 0 Å². The maximum atomic E-state index is 12.1. The summed E-state index contributed by atoms with van der Waals surface area (Å²) in [5.74, 6) is 1.13. The van der Waals surface area contributed by atoms with Crippen molar-refractivity contribution in [2.75, 3.05) is 18.6 Å². The second-order valence-electron chi connectivity index (χ2n) is 5.77. The summed E-state index contributed by atoms with van der Waals surface area (Å²) in [4.78, 5) is 25.6. The van der Waals surface area contributed by atoms with Crippen LogP contribution in [0.5, 0.6) is 5.75 Å². The van der Waals surface area contributed by atoms with Gasteiger partial charge in [0.25, 0.3) is 0 Å². The van der Waals surface area contributed by atoms with Crippen molar-refractivity contribution in [3.8, 4) is 5.75 Å². The maximum absolute atomic E-state index is 12.1. The maximum Gasteiger partial charge on any atom is 0.229 e. The van der Waals surface area contributed by atoms with Crippen LogP contribution >= 0.6 is 0 Å². The largest absolute Gasteiger partial charge is 0.497 e. The van der Waals surface area contributed by atoms with Gasteiger partial charge in [-0.1, -0.05) is 13.8 Å². The predicted molar refractivity (Wildman–Crippen MR) is 81.3 cm³/mol. The number of benzene rings is 1. The fourth-order valence-corrected chi connectivity index (χ4v) is 2.47. The number of nitrogens with one attached hydrogen (secondary N) is 1. The number of anilines is 1. The molecule has 0 spiro atoms. The van der Waals surface area contributed by atoms with Crippen molar-refractivity contribution in [2.45, 2.75) is 32.7 Å². The van der Waals surface area contributed by atoms with E-state index in [1.165, 1.54) is 0 Å². The van der Waals surface area contributed by atoms with Crippen LogP contribution in [0.1, 0.15) is 26.7 Å². The van der Waals surface area contributed by atoms with Crippen molar-refractivity contribution in [3.05, 3.63) is 24.3 Å². The molecule has 21 heavy (non-hydrogen) atoms. The van der Waals surface area contributed by atoms with Crippen molar-refractivity contribution in [1.82, 2.24) is 5.32 Å². The normalized spacial score (nSPS) is 18.2. The van der Waals surface area contributed by atoms with E-state index in [0.717, 1.165) is 11.4 Å². The summed E-state index contributed by atoms with van der Waals surface area (Å²) in [7, 11) is 1.61. The Kier molecular flexibility index (Phi) is 4.83. The zero-order valence-electron chi connectivity index (χ0n) is 12.8. The average molecular weight is 290 g/mol. The standard InChI is InChI=1S/C16H22N2O3/c1-11(2)8-15(19)17-12-9-16(20)18(10-12)13-4-6-14(21-3)7-5-13/h4-7,11-12H,8-10H2,1-3H3,(H,17,19). The minimum atomic E-state index is -0.106. The number of methoxy groups -OCH3 is 1. The van der Waals surface area contributed by atoms with Crippen LogP contribution in [0, 0.1) is 5.92 Å². The monoisotopic (exact) mass is 290 g/mol. The molecule has 1 aliphatic heterocycles. The Balaban J connectivity index is 1.97. The Labute approximate surface area is 125 Å². The number of nitrogens with zero attached hydrogens (tertiary/aromatic N) is 1. The van der Waals surface area contributed by atoms with Crippen LogP contribution < -0.4 is 15.0 Å². The van der Waals surface area contributed by atoms with Crippen LogP contribution in [0.3, 0.4) is 0 Å². The van der Waals surface area contributed by atoms with Gasteiger partial charge < -0.3 is 15.0 Å². The van der Waals surface area contributed by atoms with Gasteiger partial charge in [-0.05, 0) is 30.2 Å². The molecule has 0 saturated carbocycles. The Hall–Kier alpha value is -2.04. The lowest BCUT2D eigenvalue weighted by molar-refractivity contribution is -0.122. The lowest BCUT2D eigenvalue weighted by Crippen LogP contribution is -2.37. The number of ether oxygens (including phenoxy) is 1. The molecular formula is C16H22N2O3. The number of hydrogen-bond acceptors (Lipinski definition) is 3. The third-order valence-electron chi connectivity index (χ3n) is 3.47. The summed E-state index contributed by atoms with van der Waals surface area (Å²) in [6.07, 6.45) is 0.850. The van der Waals surface area contributed by atoms with E-state index in [-0.39, 0.29) is 17.9 Å². The zero-order chi connectivity index (χ0) is 15.4. The molecular weight excluding hydrogens is 268 g/mol. The molecule has 114 valence electrons. The minimum absolute atomic E-state index is 0.0133. The smallest absolute Gasteiger partial charge is 0.229 e. The van der Waals surface area contributed by atoms with Gasteiger partial charge in [0.1, 0.15) is 5.75 Å². The third-order valence-corrected chi connectivity index (χ3v) is 3.47. The van der Waals surface area contributed by atoms with Gasteiger partial charge in [0.05, 0.1) is 13.2 Å². The first-order valence-corrected chi connectivity index (χ1v) is 7.23. The number of carbonyl (C=O) groups excluding carboxylic acids is 2. The second kappa shape index (κ2) is 6.61. The van der Waals surface area contributed by atoms with Crippen LogP contribution in [-0.2, 0) is 9.59 Å². The summed E-state index contributed by atoms with van der Waals surface area (Å²) in [6.45, 7) is 4.53. The highest BCUT2D eigenvalue weighted by Crippen LogP contribution is 2.24. The average Bonchev–Trinajstić information content (AvgIpc) is 2.78. The summed E-state index contributed by atoms with van der Waals surface area (Å²) in [5.41, 5.74) is 0.835. The molecule has 0 bridgehead atoms. The van der Waals surface area contributed by atoms with Crippen LogP contribution in [0.4, 0.5) is 5.69 Å². The molecule has 2 amide bonds. The molecule has 1 aliphatic rings. The van der Waals surface area contributed by atoms with E-state index in [0.29, 0.717) is 25.3 Å². The van der Waals surface area contributed by atoms with Crippen LogP contribution in [0.25, 0.3) is 0 Å². The van der Waals surface area contributed by atoms with Gasteiger partial charge >= 0.3 is 0 Å². The molecule has 1 N–H and O–H groups in total. The number of rotatable bonds is 5.